The summed E-state index contributed by atoms with van der Waals surface area (Å²) in [5.41, 5.74) is 0.108. The molecular formula is C20H34N4O3. The van der Waals surface area contributed by atoms with Gasteiger partial charge in [-0.25, -0.2) is 4.79 Å². The third-order valence-corrected chi connectivity index (χ3v) is 3.82. The summed E-state index contributed by atoms with van der Waals surface area (Å²) in [5.74, 6) is 0.632. The Morgan fingerprint density at radius 3 is 2.26 bits per heavy atom. The van der Waals surface area contributed by atoms with Gasteiger partial charge in [0.05, 0.1) is 11.6 Å². The Kier molecular flexibility index (Phi) is 8.56. The van der Waals surface area contributed by atoms with Crippen molar-refractivity contribution < 1.29 is 14.3 Å². The molecule has 1 rings (SSSR count). The SMILES string of the molecule is CN=C(NCC(NC(=O)OC(C)(C)C)c1ccccc1)NCC(C)(C)OC. The van der Waals surface area contributed by atoms with Gasteiger partial charge in [-0.1, -0.05) is 30.3 Å². The summed E-state index contributed by atoms with van der Waals surface area (Å²) in [6.07, 6.45) is -0.457. The third-order valence-electron chi connectivity index (χ3n) is 3.82. The molecule has 27 heavy (non-hydrogen) atoms. The van der Waals surface area contributed by atoms with Crippen molar-refractivity contribution >= 4 is 12.1 Å². The zero-order valence-electron chi connectivity index (χ0n) is 17.6. The van der Waals surface area contributed by atoms with Crippen LogP contribution < -0.4 is 16.0 Å². The highest BCUT2D eigenvalue weighted by Gasteiger charge is 2.21. The van der Waals surface area contributed by atoms with E-state index in [0.717, 1.165) is 5.56 Å². The molecule has 0 radical (unpaired) electrons. The average Bonchev–Trinajstić information content (AvgIpc) is 2.60. The Balaban J connectivity index is 2.75. The van der Waals surface area contributed by atoms with Gasteiger partial charge in [-0.15, -0.1) is 0 Å². The third kappa shape index (κ3) is 9.28. The Morgan fingerprint density at radius 1 is 1.11 bits per heavy atom. The van der Waals surface area contributed by atoms with Gasteiger partial charge in [-0.2, -0.15) is 0 Å². The molecule has 3 N–H and O–H groups in total. The van der Waals surface area contributed by atoms with Crippen LogP contribution in [0.4, 0.5) is 4.79 Å². The highest BCUT2D eigenvalue weighted by atomic mass is 16.6. The molecule has 0 fully saturated rings. The van der Waals surface area contributed by atoms with Crippen molar-refractivity contribution in [3.63, 3.8) is 0 Å². The van der Waals surface area contributed by atoms with Gasteiger partial charge in [0.1, 0.15) is 5.60 Å². The lowest BCUT2D eigenvalue weighted by atomic mass is 10.1. The molecule has 0 heterocycles. The number of aliphatic imine (C=N–C) groups is 1. The van der Waals surface area contributed by atoms with E-state index in [-0.39, 0.29) is 11.6 Å². The number of amides is 1. The van der Waals surface area contributed by atoms with E-state index in [1.807, 2.05) is 65.0 Å². The second-order valence-corrected chi connectivity index (χ2v) is 7.88. The molecule has 0 aliphatic carbocycles. The molecule has 1 amide bonds. The maximum atomic E-state index is 12.2. The van der Waals surface area contributed by atoms with Crippen molar-refractivity contribution in [1.82, 2.24) is 16.0 Å². The number of benzene rings is 1. The van der Waals surface area contributed by atoms with Gasteiger partial charge in [-0.05, 0) is 40.2 Å². The first-order valence-corrected chi connectivity index (χ1v) is 9.10. The van der Waals surface area contributed by atoms with E-state index < -0.39 is 11.7 Å². The van der Waals surface area contributed by atoms with Crippen molar-refractivity contribution in [2.45, 2.75) is 51.9 Å². The van der Waals surface area contributed by atoms with Gasteiger partial charge >= 0.3 is 6.09 Å². The topological polar surface area (TPSA) is 84.0 Å². The summed E-state index contributed by atoms with van der Waals surface area (Å²) in [6.45, 7) is 10.5. The summed E-state index contributed by atoms with van der Waals surface area (Å²) < 4.78 is 10.8. The van der Waals surface area contributed by atoms with E-state index in [0.29, 0.717) is 19.0 Å². The molecular weight excluding hydrogens is 344 g/mol. The smallest absolute Gasteiger partial charge is 0.408 e. The molecule has 0 saturated carbocycles. The molecule has 7 nitrogen and oxygen atoms in total. The van der Waals surface area contributed by atoms with Gasteiger partial charge in [0.25, 0.3) is 0 Å². The molecule has 1 atom stereocenters. The predicted octanol–water partition coefficient (Wildman–Crippen LogP) is 2.84. The van der Waals surface area contributed by atoms with Crippen LogP contribution in [0.25, 0.3) is 0 Å². The fraction of sp³-hybridized carbons (Fsp3) is 0.600. The number of alkyl carbamates (subject to hydrolysis) is 1. The fourth-order valence-corrected chi connectivity index (χ4v) is 2.18. The van der Waals surface area contributed by atoms with E-state index in [2.05, 4.69) is 20.9 Å². The summed E-state index contributed by atoms with van der Waals surface area (Å²) in [4.78, 5) is 16.5. The summed E-state index contributed by atoms with van der Waals surface area (Å²) >= 11 is 0. The molecule has 1 unspecified atom stereocenters. The Hall–Kier alpha value is -2.28. The molecule has 0 spiro atoms. The first-order valence-electron chi connectivity index (χ1n) is 9.10. The van der Waals surface area contributed by atoms with Gasteiger partial charge in [0.15, 0.2) is 5.96 Å². The van der Waals surface area contributed by atoms with Gasteiger partial charge < -0.3 is 25.4 Å². The fourth-order valence-electron chi connectivity index (χ4n) is 2.18. The van der Waals surface area contributed by atoms with Crippen LogP contribution in [0.5, 0.6) is 0 Å². The zero-order valence-corrected chi connectivity index (χ0v) is 17.6. The number of rotatable bonds is 7. The lowest BCUT2D eigenvalue weighted by Gasteiger charge is -2.26. The summed E-state index contributed by atoms with van der Waals surface area (Å²) in [5, 5.41) is 9.40. The number of carbonyl (C=O) groups excluding carboxylic acids is 1. The molecule has 1 aromatic carbocycles. The van der Waals surface area contributed by atoms with Crippen molar-refractivity contribution in [2.75, 3.05) is 27.2 Å². The molecule has 0 saturated heterocycles. The maximum Gasteiger partial charge on any atom is 0.408 e. The molecule has 152 valence electrons. The minimum Gasteiger partial charge on any atom is -0.444 e. The van der Waals surface area contributed by atoms with E-state index in [1.165, 1.54) is 0 Å². The minimum absolute atomic E-state index is 0.268. The second-order valence-electron chi connectivity index (χ2n) is 7.88. The maximum absolute atomic E-state index is 12.2. The zero-order chi connectivity index (χ0) is 20.5. The molecule has 0 bridgehead atoms. The Morgan fingerprint density at radius 2 is 1.74 bits per heavy atom. The monoisotopic (exact) mass is 378 g/mol. The normalized spacial score (nSPS) is 13.7. The Labute approximate surface area is 162 Å². The minimum atomic E-state index is -0.553. The van der Waals surface area contributed by atoms with Crippen molar-refractivity contribution in [3.8, 4) is 0 Å². The molecule has 0 aliphatic rings. The van der Waals surface area contributed by atoms with Crippen molar-refractivity contribution in [1.29, 1.82) is 0 Å². The number of carbonyl (C=O) groups is 1. The molecule has 0 aromatic heterocycles. The van der Waals surface area contributed by atoms with Crippen LogP contribution >= 0.6 is 0 Å². The van der Waals surface area contributed by atoms with Gasteiger partial charge in [0, 0.05) is 27.2 Å². The van der Waals surface area contributed by atoms with Gasteiger partial charge in [-0.3, -0.25) is 4.99 Å². The lowest BCUT2D eigenvalue weighted by Crippen LogP contribution is -2.47. The average molecular weight is 379 g/mol. The molecule has 1 aromatic rings. The first kappa shape index (κ1) is 22.8. The largest absolute Gasteiger partial charge is 0.444 e. The van der Waals surface area contributed by atoms with E-state index in [9.17, 15) is 4.79 Å². The summed E-state index contributed by atoms with van der Waals surface area (Å²) in [6, 6.07) is 9.48. The van der Waals surface area contributed by atoms with Crippen LogP contribution in [0.15, 0.2) is 35.3 Å². The number of guanidine groups is 1. The van der Waals surface area contributed by atoms with Crippen molar-refractivity contribution in [2.24, 2.45) is 4.99 Å². The van der Waals surface area contributed by atoms with Gasteiger partial charge in [0.2, 0.25) is 0 Å². The molecule has 0 aliphatic heterocycles. The number of methoxy groups -OCH3 is 1. The number of hydrogen-bond donors (Lipinski definition) is 3. The lowest BCUT2D eigenvalue weighted by molar-refractivity contribution is 0.0268. The number of nitrogens with one attached hydrogen (secondary N) is 3. The highest BCUT2D eigenvalue weighted by molar-refractivity contribution is 5.79. The van der Waals surface area contributed by atoms with Crippen LogP contribution in [0, 0.1) is 0 Å². The van der Waals surface area contributed by atoms with Crippen LogP contribution in [0.1, 0.15) is 46.2 Å². The van der Waals surface area contributed by atoms with E-state index in [4.69, 9.17) is 9.47 Å². The van der Waals surface area contributed by atoms with E-state index in [1.54, 1.807) is 14.2 Å². The standard InChI is InChI=1S/C20H34N4O3/c1-19(2,3)27-18(25)24-16(15-11-9-8-10-12-15)13-22-17(21-6)23-14-20(4,5)26-7/h8-12,16H,13-14H2,1-7H3,(H,24,25)(H2,21,22,23). The highest BCUT2D eigenvalue weighted by Crippen LogP contribution is 2.14. The molecule has 7 heteroatoms. The number of ether oxygens (including phenoxy) is 2. The summed E-state index contributed by atoms with van der Waals surface area (Å²) in [7, 11) is 3.38. The van der Waals surface area contributed by atoms with E-state index >= 15 is 0 Å². The van der Waals surface area contributed by atoms with Crippen LogP contribution in [0.3, 0.4) is 0 Å². The number of hydrogen-bond acceptors (Lipinski definition) is 4. The first-order chi connectivity index (χ1) is 12.6. The van der Waals surface area contributed by atoms with Crippen LogP contribution in [-0.2, 0) is 9.47 Å². The van der Waals surface area contributed by atoms with Crippen molar-refractivity contribution in [3.05, 3.63) is 35.9 Å². The predicted molar refractivity (Wildman–Crippen MR) is 109 cm³/mol. The Bertz CT molecular complexity index is 609. The second kappa shape index (κ2) is 10.2. The number of nitrogens with zero attached hydrogens (tertiary/aromatic N) is 1. The van der Waals surface area contributed by atoms with Crippen LogP contribution in [0.2, 0.25) is 0 Å². The van der Waals surface area contributed by atoms with Crippen LogP contribution in [-0.4, -0.2) is 50.5 Å². The quantitative estimate of drug-likeness (QED) is 0.502.